The zero-order chi connectivity index (χ0) is 13.7. The first-order valence-corrected chi connectivity index (χ1v) is 6.53. The Morgan fingerprint density at radius 3 is 2.63 bits per heavy atom. The molecule has 19 heavy (non-hydrogen) atoms. The SMILES string of the molecule is CN(Cc1ccc2ccccc2c1)C(=O)CCCO. The smallest absolute Gasteiger partial charge is 0.222 e. The topological polar surface area (TPSA) is 40.5 Å². The Kier molecular flexibility index (Phi) is 4.53. The molecule has 0 bridgehead atoms. The maximum Gasteiger partial charge on any atom is 0.222 e. The number of carbonyl (C=O) groups excluding carboxylic acids is 1. The highest BCUT2D eigenvalue weighted by Gasteiger charge is 2.08. The van der Waals surface area contributed by atoms with Crippen LogP contribution in [0.2, 0.25) is 0 Å². The van der Waals surface area contributed by atoms with Gasteiger partial charge in [-0.1, -0.05) is 36.4 Å². The number of amides is 1. The van der Waals surface area contributed by atoms with Gasteiger partial charge in [-0.15, -0.1) is 0 Å². The molecular weight excluding hydrogens is 238 g/mol. The molecule has 2 aromatic rings. The fraction of sp³-hybridized carbons (Fsp3) is 0.312. The van der Waals surface area contributed by atoms with Gasteiger partial charge in [-0.2, -0.15) is 0 Å². The van der Waals surface area contributed by atoms with Gasteiger partial charge in [0.15, 0.2) is 0 Å². The van der Waals surface area contributed by atoms with Crippen LogP contribution < -0.4 is 0 Å². The van der Waals surface area contributed by atoms with E-state index in [0.29, 0.717) is 19.4 Å². The first-order valence-electron chi connectivity index (χ1n) is 6.53. The summed E-state index contributed by atoms with van der Waals surface area (Å²) < 4.78 is 0. The standard InChI is InChI=1S/C16H19NO2/c1-17(16(19)7-4-10-18)12-13-8-9-14-5-2-3-6-15(14)11-13/h2-3,5-6,8-9,11,18H,4,7,10,12H2,1H3. The van der Waals surface area contributed by atoms with Crippen LogP contribution in [0.25, 0.3) is 10.8 Å². The largest absolute Gasteiger partial charge is 0.396 e. The number of fused-ring (bicyclic) bond motifs is 1. The maximum absolute atomic E-state index is 11.8. The van der Waals surface area contributed by atoms with E-state index in [4.69, 9.17) is 5.11 Å². The number of carbonyl (C=O) groups is 1. The number of benzene rings is 2. The maximum atomic E-state index is 11.8. The van der Waals surface area contributed by atoms with Gasteiger partial charge in [0.25, 0.3) is 0 Å². The molecule has 0 heterocycles. The van der Waals surface area contributed by atoms with E-state index in [9.17, 15) is 4.79 Å². The van der Waals surface area contributed by atoms with Crippen LogP contribution in [-0.4, -0.2) is 29.6 Å². The van der Waals surface area contributed by atoms with Crippen molar-refractivity contribution in [3.63, 3.8) is 0 Å². The Morgan fingerprint density at radius 2 is 1.89 bits per heavy atom. The number of nitrogens with zero attached hydrogens (tertiary/aromatic N) is 1. The van der Waals surface area contributed by atoms with E-state index in [1.165, 1.54) is 10.8 Å². The van der Waals surface area contributed by atoms with Crippen molar-refractivity contribution >= 4 is 16.7 Å². The molecule has 1 N–H and O–H groups in total. The number of hydrogen-bond donors (Lipinski definition) is 1. The van der Waals surface area contributed by atoms with E-state index in [0.717, 1.165) is 5.56 Å². The van der Waals surface area contributed by atoms with Crippen LogP contribution >= 0.6 is 0 Å². The van der Waals surface area contributed by atoms with E-state index in [1.807, 2.05) is 12.1 Å². The minimum Gasteiger partial charge on any atom is -0.396 e. The van der Waals surface area contributed by atoms with Gasteiger partial charge in [-0.05, 0) is 28.8 Å². The molecule has 0 aliphatic rings. The molecule has 3 nitrogen and oxygen atoms in total. The molecule has 0 fully saturated rings. The van der Waals surface area contributed by atoms with Crippen molar-refractivity contribution in [2.24, 2.45) is 0 Å². The average Bonchev–Trinajstić information content (AvgIpc) is 2.44. The third-order valence-corrected chi connectivity index (χ3v) is 3.21. The second-order valence-electron chi connectivity index (χ2n) is 4.76. The summed E-state index contributed by atoms with van der Waals surface area (Å²) in [5.74, 6) is 0.0715. The van der Waals surface area contributed by atoms with Gasteiger partial charge in [-0.25, -0.2) is 0 Å². The lowest BCUT2D eigenvalue weighted by Crippen LogP contribution is -2.26. The molecule has 2 aromatic carbocycles. The van der Waals surface area contributed by atoms with Crippen molar-refractivity contribution in [1.82, 2.24) is 4.90 Å². The first-order chi connectivity index (χ1) is 9.20. The number of aliphatic hydroxyl groups is 1. The quantitative estimate of drug-likeness (QED) is 0.894. The molecule has 0 radical (unpaired) electrons. The van der Waals surface area contributed by atoms with E-state index in [-0.39, 0.29) is 12.5 Å². The van der Waals surface area contributed by atoms with Gasteiger partial charge in [0, 0.05) is 26.6 Å². The molecule has 0 aliphatic carbocycles. The molecule has 0 saturated heterocycles. The van der Waals surface area contributed by atoms with E-state index < -0.39 is 0 Å². The Bertz CT molecular complexity index is 565. The molecule has 1 amide bonds. The van der Waals surface area contributed by atoms with Gasteiger partial charge in [0.05, 0.1) is 0 Å². The lowest BCUT2D eigenvalue weighted by molar-refractivity contribution is -0.130. The Balaban J connectivity index is 2.06. The van der Waals surface area contributed by atoms with Gasteiger partial charge < -0.3 is 10.0 Å². The Hall–Kier alpha value is -1.87. The van der Waals surface area contributed by atoms with Crippen LogP contribution in [0.1, 0.15) is 18.4 Å². The van der Waals surface area contributed by atoms with Crippen LogP contribution in [0.15, 0.2) is 42.5 Å². The summed E-state index contributed by atoms with van der Waals surface area (Å²) in [7, 11) is 1.80. The zero-order valence-electron chi connectivity index (χ0n) is 11.2. The van der Waals surface area contributed by atoms with Crippen molar-refractivity contribution in [1.29, 1.82) is 0 Å². The summed E-state index contributed by atoms with van der Waals surface area (Å²) in [5.41, 5.74) is 1.12. The summed E-state index contributed by atoms with van der Waals surface area (Å²) in [6.45, 7) is 0.671. The molecule has 0 unspecified atom stereocenters. The van der Waals surface area contributed by atoms with Crippen molar-refractivity contribution in [2.75, 3.05) is 13.7 Å². The van der Waals surface area contributed by atoms with Crippen molar-refractivity contribution < 1.29 is 9.90 Å². The minimum atomic E-state index is 0.0650. The lowest BCUT2D eigenvalue weighted by atomic mass is 10.1. The van der Waals surface area contributed by atoms with Crippen molar-refractivity contribution in [3.05, 3.63) is 48.0 Å². The lowest BCUT2D eigenvalue weighted by Gasteiger charge is -2.17. The Labute approximate surface area is 113 Å². The zero-order valence-corrected chi connectivity index (χ0v) is 11.2. The molecule has 0 aliphatic heterocycles. The molecule has 0 spiro atoms. The van der Waals surface area contributed by atoms with Crippen molar-refractivity contribution in [3.8, 4) is 0 Å². The van der Waals surface area contributed by atoms with Crippen LogP contribution in [0.4, 0.5) is 0 Å². The third kappa shape index (κ3) is 3.55. The molecule has 0 atom stereocenters. The first kappa shape index (κ1) is 13.6. The average molecular weight is 257 g/mol. The fourth-order valence-electron chi connectivity index (χ4n) is 2.12. The van der Waals surface area contributed by atoms with E-state index in [2.05, 4.69) is 30.3 Å². The number of hydrogen-bond acceptors (Lipinski definition) is 2. The van der Waals surface area contributed by atoms with Gasteiger partial charge in [0.2, 0.25) is 5.91 Å². The predicted octanol–water partition coefficient (Wildman–Crippen LogP) is 2.57. The monoisotopic (exact) mass is 257 g/mol. The molecule has 0 aromatic heterocycles. The van der Waals surface area contributed by atoms with E-state index in [1.54, 1.807) is 11.9 Å². The van der Waals surface area contributed by atoms with Crippen molar-refractivity contribution in [2.45, 2.75) is 19.4 Å². The summed E-state index contributed by atoms with van der Waals surface area (Å²) in [5, 5.41) is 11.1. The highest BCUT2D eigenvalue weighted by atomic mass is 16.3. The van der Waals surface area contributed by atoms with Crippen LogP contribution in [0.3, 0.4) is 0 Å². The van der Waals surface area contributed by atoms with E-state index >= 15 is 0 Å². The second-order valence-corrected chi connectivity index (χ2v) is 4.76. The number of aliphatic hydroxyl groups excluding tert-OH is 1. The van der Waals surface area contributed by atoms with Gasteiger partial charge >= 0.3 is 0 Å². The van der Waals surface area contributed by atoms with Crippen LogP contribution in [0.5, 0.6) is 0 Å². The normalized spacial score (nSPS) is 10.6. The summed E-state index contributed by atoms with van der Waals surface area (Å²) >= 11 is 0. The fourth-order valence-corrected chi connectivity index (χ4v) is 2.12. The van der Waals surface area contributed by atoms with Crippen LogP contribution in [0, 0.1) is 0 Å². The van der Waals surface area contributed by atoms with Gasteiger partial charge in [0.1, 0.15) is 0 Å². The molecule has 2 rings (SSSR count). The number of rotatable bonds is 5. The molecule has 100 valence electrons. The molecule has 3 heteroatoms. The molecular formula is C16H19NO2. The van der Waals surface area contributed by atoms with Gasteiger partial charge in [-0.3, -0.25) is 4.79 Å². The second kappa shape index (κ2) is 6.34. The van der Waals surface area contributed by atoms with Crippen LogP contribution in [-0.2, 0) is 11.3 Å². The summed E-state index contributed by atoms with van der Waals surface area (Å²) in [4.78, 5) is 13.5. The third-order valence-electron chi connectivity index (χ3n) is 3.21. The summed E-state index contributed by atoms with van der Waals surface area (Å²) in [6, 6.07) is 14.4. The molecule has 0 saturated carbocycles. The minimum absolute atomic E-state index is 0.0650. The highest BCUT2D eigenvalue weighted by Crippen LogP contribution is 2.16. The predicted molar refractivity (Wildman–Crippen MR) is 76.7 cm³/mol. The summed E-state index contributed by atoms with van der Waals surface area (Å²) in [6.07, 6.45) is 0.932. The highest BCUT2D eigenvalue weighted by molar-refractivity contribution is 5.83. The Morgan fingerprint density at radius 1 is 1.16 bits per heavy atom.